The van der Waals surface area contributed by atoms with Crippen LogP contribution in [0.1, 0.15) is 64.9 Å². The average molecular weight is 497 g/mol. The van der Waals surface area contributed by atoms with Crippen LogP contribution in [0.3, 0.4) is 0 Å². The maximum absolute atomic E-state index is 11.7. The summed E-state index contributed by atoms with van der Waals surface area (Å²) in [5, 5.41) is 3.86. The number of carbonyl (C=O) groups is 1. The van der Waals surface area contributed by atoms with Crippen molar-refractivity contribution in [3.8, 4) is 0 Å². The van der Waals surface area contributed by atoms with E-state index >= 15 is 0 Å². The van der Waals surface area contributed by atoms with Crippen LogP contribution >= 0.6 is 44.3 Å². The molecule has 1 aromatic carbocycles. The summed E-state index contributed by atoms with van der Waals surface area (Å²) in [6.45, 7) is 2.16. The van der Waals surface area contributed by atoms with E-state index in [1.54, 1.807) is 0 Å². The third-order valence-electron chi connectivity index (χ3n) is 4.29. The van der Waals surface area contributed by atoms with E-state index in [0.29, 0.717) is 0 Å². The van der Waals surface area contributed by atoms with Gasteiger partial charge < -0.3 is 5.32 Å². The van der Waals surface area contributed by atoms with E-state index < -0.39 is 0 Å². The molecule has 6 heteroatoms. The molecule has 1 aliphatic carbocycles. The van der Waals surface area contributed by atoms with E-state index in [1.165, 1.54) is 5.56 Å². The van der Waals surface area contributed by atoms with Gasteiger partial charge in [0.1, 0.15) is 11.4 Å². The average Bonchev–Trinajstić information content (AvgIpc) is 3.15. The highest BCUT2D eigenvalue weighted by Gasteiger charge is 2.45. The number of aliphatic imine (C=N–C) groups is 1. The molecular weight excluding hydrogens is 467 g/mol. The Morgan fingerprint density at radius 3 is 2.32 bits per heavy atom. The van der Waals surface area contributed by atoms with Crippen molar-refractivity contribution in [2.75, 3.05) is 0 Å². The molecule has 1 heterocycles. The Bertz CT molecular complexity index is 555. The van der Waals surface area contributed by atoms with Crippen LogP contribution < -0.4 is 5.32 Å². The minimum absolute atomic E-state index is 0. The second kappa shape index (κ2) is 12.1. The second-order valence-electron chi connectivity index (χ2n) is 6.11. The molecule has 1 saturated carbocycles. The molecule has 0 atom stereocenters. The van der Waals surface area contributed by atoms with E-state index in [-0.39, 0.29) is 31.3 Å². The fraction of sp³-hybridized carbons (Fsp3) is 0.579. The van der Waals surface area contributed by atoms with Crippen LogP contribution in [-0.2, 0) is 10.1 Å². The summed E-state index contributed by atoms with van der Waals surface area (Å²) in [5.41, 5.74) is 0.960. The Kier molecular flexibility index (Phi) is 11.9. The van der Waals surface area contributed by atoms with Gasteiger partial charge in [0.25, 0.3) is 5.91 Å². The van der Waals surface area contributed by atoms with Gasteiger partial charge in [-0.1, -0.05) is 77.6 Å². The number of unbranched alkanes of at least 4 members (excludes halogenated alkanes) is 1. The Morgan fingerprint density at radius 1 is 1.20 bits per heavy atom. The van der Waals surface area contributed by atoms with Crippen LogP contribution in [0.5, 0.6) is 0 Å². The first-order valence-electron chi connectivity index (χ1n) is 8.30. The van der Waals surface area contributed by atoms with Gasteiger partial charge in [-0.15, -0.1) is 12.4 Å². The fourth-order valence-corrected chi connectivity index (χ4v) is 3.56. The number of alkyl halides is 1. The number of halogens is 3. The van der Waals surface area contributed by atoms with E-state index in [9.17, 15) is 4.79 Å². The summed E-state index contributed by atoms with van der Waals surface area (Å²) in [6.07, 6.45) is 7.42. The van der Waals surface area contributed by atoms with Crippen molar-refractivity contribution in [3.05, 3.63) is 34.3 Å². The fourth-order valence-electron chi connectivity index (χ4n) is 2.92. The van der Waals surface area contributed by atoms with Gasteiger partial charge in [0.15, 0.2) is 0 Å². The lowest BCUT2D eigenvalue weighted by atomic mass is 9.99. The molecule has 1 aliphatic heterocycles. The van der Waals surface area contributed by atoms with Crippen molar-refractivity contribution >= 4 is 56.0 Å². The molecule has 142 valence electrons. The van der Waals surface area contributed by atoms with E-state index in [4.69, 9.17) is 0 Å². The van der Waals surface area contributed by atoms with Crippen LogP contribution in [0, 0.1) is 0 Å². The van der Waals surface area contributed by atoms with Crippen molar-refractivity contribution < 1.29 is 4.79 Å². The van der Waals surface area contributed by atoms with Crippen LogP contribution in [0.15, 0.2) is 33.7 Å². The summed E-state index contributed by atoms with van der Waals surface area (Å²) in [6, 6.07) is 8.24. The first kappa shape index (κ1) is 24.6. The van der Waals surface area contributed by atoms with Gasteiger partial charge in [-0.3, -0.25) is 9.79 Å². The van der Waals surface area contributed by atoms with Gasteiger partial charge >= 0.3 is 0 Å². The molecule has 1 N–H and O–H groups in total. The number of nitrogens with zero attached hydrogens (tertiary/aromatic N) is 1. The number of benzene rings is 1. The van der Waals surface area contributed by atoms with Crippen molar-refractivity contribution in [1.82, 2.24) is 5.32 Å². The van der Waals surface area contributed by atoms with Gasteiger partial charge in [0.2, 0.25) is 0 Å². The van der Waals surface area contributed by atoms with Gasteiger partial charge in [-0.25, -0.2) is 0 Å². The predicted molar refractivity (Wildman–Crippen MR) is 117 cm³/mol. The second-order valence-corrected chi connectivity index (χ2v) is 7.59. The first-order valence-corrected chi connectivity index (χ1v) is 10.2. The van der Waals surface area contributed by atoms with Crippen molar-refractivity contribution in [2.24, 2.45) is 4.99 Å². The molecule has 1 spiro atoms. The molecule has 0 saturated heterocycles. The van der Waals surface area contributed by atoms with Crippen LogP contribution in [0.4, 0.5) is 0 Å². The highest BCUT2D eigenvalue weighted by molar-refractivity contribution is 9.10. The normalized spacial score (nSPS) is 16.9. The number of carbonyl (C=O) groups excluding carboxylic acids is 1. The lowest BCUT2D eigenvalue weighted by molar-refractivity contribution is -0.123. The summed E-state index contributed by atoms with van der Waals surface area (Å²) in [7, 11) is 0. The molecule has 0 radical (unpaired) electrons. The molecule has 0 unspecified atom stereocenters. The maximum Gasteiger partial charge on any atom is 0.253 e. The summed E-state index contributed by atoms with van der Waals surface area (Å²) < 4.78 is 1.13. The molecule has 3 nitrogen and oxygen atoms in total. The van der Waals surface area contributed by atoms with E-state index in [0.717, 1.165) is 60.6 Å². The minimum atomic E-state index is -0.344. The Hall–Kier alpha value is -0.390. The smallest absolute Gasteiger partial charge is 0.253 e. The lowest BCUT2D eigenvalue weighted by Crippen LogP contribution is -2.37. The zero-order valence-electron chi connectivity index (χ0n) is 14.0. The monoisotopic (exact) mass is 494 g/mol. The zero-order valence-corrected chi connectivity index (χ0v) is 18.0. The molecule has 0 bridgehead atoms. The maximum atomic E-state index is 11.7. The van der Waals surface area contributed by atoms with Crippen LogP contribution in [-0.4, -0.2) is 17.3 Å². The molecule has 3 rings (SSSR count). The molecule has 1 fully saturated rings. The standard InChI is InChI=1S/C11H18N2O.C7H6Br2.CH4.ClH/c1-2-3-6-9-12-10(14)11(13-9)7-4-5-8-11;8-5-6-1-3-7(9)4-2-6;;/h2-8H2,1H3,(H,12,13,14);1-4H,5H2;1H4;1H. The first-order chi connectivity index (χ1) is 11.1. The van der Waals surface area contributed by atoms with E-state index in [2.05, 4.69) is 61.2 Å². The largest absolute Gasteiger partial charge is 0.312 e. The van der Waals surface area contributed by atoms with Gasteiger partial charge in [0, 0.05) is 16.2 Å². The van der Waals surface area contributed by atoms with Gasteiger partial charge in [0.05, 0.1) is 0 Å². The van der Waals surface area contributed by atoms with Crippen molar-refractivity contribution in [1.29, 1.82) is 0 Å². The molecule has 1 aromatic rings. The van der Waals surface area contributed by atoms with Crippen molar-refractivity contribution in [2.45, 2.75) is 70.2 Å². The lowest BCUT2D eigenvalue weighted by Gasteiger charge is -2.14. The molecular formula is C19H29Br2ClN2O. The summed E-state index contributed by atoms with van der Waals surface area (Å²) in [4.78, 5) is 16.3. The molecule has 25 heavy (non-hydrogen) atoms. The van der Waals surface area contributed by atoms with Crippen LogP contribution in [0.25, 0.3) is 0 Å². The Morgan fingerprint density at radius 2 is 1.80 bits per heavy atom. The zero-order chi connectivity index (χ0) is 16.7. The SMILES string of the molecule is BrCc1ccc(Br)cc1.C.CCCCC1=NC2(CCCC2)C(=O)N1.Cl. The van der Waals surface area contributed by atoms with Crippen molar-refractivity contribution in [3.63, 3.8) is 0 Å². The molecule has 0 aromatic heterocycles. The Labute approximate surface area is 175 Å². The van der Waals surface area contributed by atoms with Gasteiger partial charge in [-0.05, 0) is 37.0 Å². The number of amides is 1. The van der Waals surface area contributed by atoms with Crippen LogP contribution in [0.2, 0.25) is 0 Å². The summed E-state index contributed by atoms with van der Waals surface area (Å²) in [5.74, 6) is 1.08. The van der Waals surface area contributed by atoms with Gasteiger partial charge in [-0.2, -0.15) is 0 Å². The predicted octanol–water partition coefficient (Wildman–Crippen LogP) is 6.42. The number of hydrogen-bond donors (Lipinski definition) is 1. The van der Waals surface area contributed by atoms with E-state index in [1.807, 2.05) is 12.1 Å². The third-order valence-corrected chi connectivity index (χ3v) is 5.47. The highest BCUT2D eigenvalue weighted by atomic mass is 79.9. The number of hydrogen-bond acceptors (Lipinski definition) is 2. The number of rotatable bonds is 4. The number of nitrogens with one attached hydrogen (secondary N) is 1. The minimum Gasteiger partial charge on any atom is -0.312 e. The quantitative estimate of drug-likeness (QED) is 0.480. The molecule has 2 aliphatic rings. The molecule has 1 amide bonds. The Balaban J connectivity index is 0.000000462. The third kappa shape index (κ3) is 7.03. The highest BCUT2D eigenvalue weighted by Crippen LogP contribution is 2.36. The summed E-state index contributed by atoms with van der Waals surface area (Å²) >= 11 is 6.73. The number of amidine groups is 1. The topological polar surface area (TPSA) is 41.5 Å².